The number of alkyl halides is 1. The van der Waals surface area contributed by atoms with E-state index >= 15 is 0 Å². The van der Waals surface area contributed by atoms with Crippen LogP contribution in [0.4, 0.5) is 0 Å². The van der Waals surface area contributed by atoms with E-state index in [1.54, 1.807) is 0 Å². The Morgan fingerprint density at radius 2 is 2.00 bits per heavy atom. The maximum atomic E-state index is 4.08. The molecule has 0 saturated carbocycles. The number of allylic oxidation sites excluding steroid dienone is 3. The van der Waals surface area contributed by atoms with Gasteiger partial charge >= 0.3 is 0 Å². The van der Waals surface area contributed by atoms with Crippen molar-refractivity contribution in [2.24, 2.45) is 16.8 Å². The Morgan fingerprint density at radius 1 is 1.41 bits per heavy atom. The molecule has 0 bridgehead atoms. The first-order valence-electron chi connectivity index (χ1n) is 6.28. The molecule has 3 atom stereocenters. The maximum Gasteiger partial charge on any atom is 0.119 e. The second-order valence-electron chi connectivity index (χ2n) is 5.07. The average molecular weight is 343 g/mol. The Kier molecular flexibility index (Phi) is 6.21. The highest BCUT2D eigenvalue weighted by Crippen LogP contribution is 2.30. The van der Waals surface area contributed by atoms with E-state index in [1.165, 1.54) is 12.0 Å². The first kappa shape index (κ1) is 14.7. The lowest BCUT2D eigenvalue weighted by molar-refractivity contribution is 0.475. The van der Waals surface area contributed by atoms with Crippen LogP contribution >= 0.6 is 22.6 Å². The van der Waals surface area contributed by atoms with Gasteiger partial charge in [-0.1, -0.05) is 60.7 Å². The normalized spacial score (nSPS) is 18.9. The third-order valence-electron chi connectivity index (χ3n) is 2.97. The van der Waals surface area contributed by atoms with Crippen LogP contribution in [0.1, 0.15) is 40.0 Å². The molecule has 0 aromatic carbocycles. The highest BCUT2D eigenvalue weighted by molar-refractivity contribution is 14.1. The highest BCUT2D eigenvalue weighted by Gasteiger charge is 2.21. The first-order valence-corrected chi connectivity index (χ1v) is 7.53. The molecule has 17 heavy (non-hydrogen) atoms. The minimum atomic E-state index is 0.432. The molecule has 0 amide bonds. The van der Waals surface area contributed by atoms with Crippen LogP contribution in [0.3, 0.4) is 0 Å². The minimum absolute atomic E-state index is 0.432. The average Bonchev–Trinajstić information content (AvgIpc) is 3.04. The summed E-state index contributed by atoms with van der Waals surface area (Å²) in [5.41, 5.74) is 2.33. The van der Waals surface area contributed by atoms with Crippen LogP contribution < -0.4 is 0 Å². The summed E-state index contributed by atoms with van der Waals surface area (Å²) in [6.45, 7) is 10.7. The van der Waals surface area contributed by atoms with Gasteiger partial charge in [0.25, 0.3) is 0 Å². The van der Waals surface area contributed by atoms with Gasteiger partial charge in [0, 0.05) is 15.7 Å². The smallest absolute Gasteiger partial charge is 0.119 e. The van der Waals surface area contributed by atoms with Crippen LogP contribution in [0.2, 0.25) is 0 Å². The molecule has 0 radical (unpaired) electrons. The van der Waals surface area contributed by atoms with Gasteiger partial charge in [-0.3, -0.25) is 0 Å². The number of halogens is 1. The molecule has 0 fully saturated rings. The maximum absolute atomic E-state index is 4.08. The van der Waals surface area contributed by atoms with Gasteiger partial charge in [-0.25, -0.2) is 0 Å². The monoisotopic (exact) mass is 343 g/mol. The fourth-order valence-corrected chi connectivity index (χ4v) is 2.14. The molecule has 1 aliphatic heterocycles. The van der Waals surface area contributed by atoms with E-state index in [9.17, 15) is 0 Å². The van der Waals surface area contributed by atoms with Gasteiger partial charge in [-0.15, -0.1) is 0 Å². The number of hydrogen-bond donors (Lipinski definition) is 0. The largest absolute Gasteiger partial charge is 0.198 e. The van der Waals surface area contributed by atoms with E-state index in [-0.39, 0.29) is 0 Å². The third kappa shape index (κ3) is 6.23. The highest BCUT2D eigenvalue weighted by atomic mass is 127. The van der Waals surface area contributed by atoms with Crippen molar-refractivity contribution in [2.45, 2.75) is 44.0 Å². The van der Waals surface area contributed by atoms with Gasteiger partial charge in [-0.2, -0.15) is 4.99 Å². The van der Waals surface area contributed by atoms with Gasteiger partial charge in [0.05, 0.1) is 0 Å². The number of nitrogens with zero attached hydrogens (tertiary/aromatic N) is 1. The lowest BCUT2D eigenvalue weighted by atomic mass is 9.88. The fraction of sp³-hybridized carbons (Fsp3) is 0.600. The molecule has 0 N–H and O–H groups in total. The van der Waals surface area contributed by atoms with Crippen molar-refractivity contribution in [3.63, 3.8) is 0 Å². The van der Waals surface area contributed by atoms with Crippen LogP contribution in [0.15, 0.2) is 35.0 Å². The summed E-state index contributed by atoms with van der Waals surface area (Å²) >= 11 is 2.46. The van der Waals surface area contributed by atoms with Crippen molar-refractivity contribution in [1.82, 2.24) is 0 Å². The number of rotatable bonds is 8. The minimum Gasteiger partial charge on any atom is -0.198 e. The molecule has 0 aromatic heterocycles. The van der Waals surface area contributed by atoms with Crippen molar-refractivity contribution >= 4 is 28.5 Å². The predicted molar refractivity (Wildman–Crippen MR) is 84.9 cm³/mol. The molecule has 0 aliphatic carbocycles. The van der Waals surface area contributed by atoms with Crippen molar-refractivity contribution in [3.05, 3.63) is 30.0 Å². The summed E-state index contributed by atoms with van der Waals surface area (Å²) < 4.78 is 0.729. The predicted octanol–water partition coefficient (Wildman–Crippen LogP) is 4.93. The standard InChI is InChI=1S/C15H22IN/c1-11(2)14(15-10-17-15)9-12(3)7-5-6-8-13(4)16/h5-6,12-14H,1,7-9H2,2-4H3/b6-5-. The van der Waals surface area contributed by atoms with Crippen molar-refractivity contribution in [3.8, 4) is 0 Å². The molecule has 94 valence electrons. The first-order chi connectivity index (χ1) is 8.00. The molecule has 2 heteroatoms. The SMILES string of the molecule is C=C(C)C(CC(C)C/C=C\CC(C)I)C1=C=N1. The summed E-state index contributed by atoms with van der Waals surface area (Å²) in [7, 11) is 0. The second-order valence-corrected chi connectivity index (χ2v) is 7.20. The lowest BCUT2D eigenvalue weighted by Crippen LogP contribution is -2.06. The summed E-state index contributed by atoms with van der Waals surface area (Å²) in [5, 5.41) is 0. The molecular weight excluding hydrogens is 321 g/mol. The molecule has 1 rings (SSSR count). The third-order valence-corrected chi connectivity index (χ3v) is 3.48. The molecule has 3 unspecified atom stereocenters. The van der Waals surface area contributed by atoms with Crippen LogP contribution in [-0.2, 0) is 0 Å². The second kappa shape index (κ2) is 7.17. The van der Waals surface area contributed by atoms with E-state index in [0.29, 0.717) is 11.8 Å². The molecule has 0 saturated heterocycles. The van der Waals surface area contributed by atoms with E-state index in [2.05, 4.69) is 73.0 Å². The molecular formula is C15H22IN. The van der Waals surface area contributed by atoms with Gasteiger partial charge in [-0.05, 0) is 32.1 Å². The Hall–Kier alpha value is -0.340. The van der Waals surface area contributed by atoms with Crippen LogP contribution in [0.5, 0.6) is 0 Å². The Labute approximate surface area is 119 Å². The lowest BCUT2D eigenvalue weighted by Gasteiger charge is -2.16. The van der Waals surface area contributed by atoms with E-state index in [1.807, 2.05) is 0 Å². The van der Waals surface area contributed by atoms with E-state index in [0.717, 1.165) is 22.5 Å². The number of hydrogen-bond acceptors (Lipinski definition) is 1. The van der Waals surface area contributed by atoms with Crippen LogP contribution in [-0.4, -0.2) is 9.79 Å². The Balaban J connectivity index is 2.28. The summed E-state index contributed by atoms with van der Waals surface area (Å²) in [6.07, 6.45) is 8.09. The zero-order chi connectivity index (χ0) is 12.8. The van der Waals surface area contributed by atoms with Gasteiger partial charge < -0.3 is 0 Å². The van der Waals surface area contributed by atoms with Crippen molar-refractivity contribution in [2.75, 3.05) is 0 Å². The summed E-state index contributed by atoms with van der Waals surface area (Å²) in [4.78, 5) is 4.08. The molecule has 0 spiro atoms. The van der Waals surface area contributed by atoms with Crippen molar-refractivity contribution in [1.29, 1.82) is 0 Å². The summed E-state index contributed by atoms with van der Waals surface area (Å²) in [5.74, 6) is 4.08. The number of aliphatic imine (C=N–C) groups is 1. The van der Waals surface area contributed by atoms with E-state index in [4.69, 9.17) is 0 Å². The van der Waals surface area contributed by atoms with Crippen LogP contribution in [0.25, 0.3) is 0 Å². The van der Waals surface area contributed by atoms with Gasteiger partial charge in [0.2, 0.25) is 0 Å². The summed E-state index contributed by atoms with van der Waals surface area (Å²) in [6, 6.07) is 0. The Morgan fingerprint density at radius 3 is 2.47 bits per heavy atom. The molecule has 1 nitrogen and oxygen atoms in total. The quantitative estimate of drug-likeness (QED) is 0.337. The van der Waals surface area contributed by atoms with Crippen molar-refractivity contribution < 1.29 is 0 Å². The van der Waals surface area contributed by atoms with Gasteiger partial charge in [0.15, 0.2) is 0 Å². The zero-order valence-electron chi connectivity index (χ0n) is 11.0. The topological polar surface area (TPSA) is 12.4 Å². The fourth-order valence-electron chi connectivity index (χ4n) is 1.85. The zero-order valence-corrected chi connectivity index (χ0v) is 13.2. The van der Waals surface area contributed by atoms with Gasteiger partial charge in [0.1, 0.15) is 5.70 Å². The van der Waals surface area contributed by atoms with E-state index < -0.39 is 0 Å². The Bertz CT molecular complexity index is 357. The van der Waals surface area contributed by atoms with Crippen LogP contribution in [0, 0.1) is 11.8 Å². The molecule has 1 heterocycles. The molecule has 0 aromatic rings. The molecule has 1 aliphatic rings.